The van der Waals surface area contributed by atoms with Crippen molar-refractivity contribution in [3.63, 3.8) is 0 Å². The number of nitrogens with one attached hydrogen (secondary N) is 1. The van der Waals surface area contributed by atoms with E-state index in [0.29, 0.717) is 43.0 Å². The molecule has 32 heavy (non-hydrogen) atoms. The number of methoxy groups -OCH3 is 1. The van der Waals surface area contributed by atoms with E-state index in [4.69, 9.17) is 9.47 Å². The number of hydrogen-bond acceptors (Lipinski definition) is 4. The Labute approximate surface area is 187 Å². The zero-order valence-electron chi connectivity index (χ0n) is 18.0. The van der Waals surface area contributed by atoms with Gasteiger partial charge < -0.3 is 19.7 Å². The summed E-state index contributed by atoms with van der Waals surface area (Å²) in [6, 6.07) is 24.0. The minimum absolute atomic E-state index is 0.0183. The monoisotopic (exact) mass is 430 g/mol. The Hall–Kier alpha value is -3.80. The molecule has 3 aromatic carbocycles. The zero-order chi connectivity index (χ0) is 22.3. The number of ether oxygens (including phenoxy) is 2. The Morgan fingerprint density at radius 1 is 0.844 bits per heavy atom. The third-order valence-corrected chi connectivity index (χ3v) is 5.57. The molecule has 2 amide bonds. The fourth-order valence-electron chi connectivity index (χ4n) is 3.76. The lowest BCUT2D eigenvalue weighted by molar-refractivity contribution is -0.121. The lowest BCUT2D eigenvalue weighted by Gasteiger charge is -2.31. The Morgan fingerprint density at radius 3 is 2.19 bits per heavy atom. The number of carbonyl (C=O) groups is 2. The molecule has 0 unspecified atom stereocenters. The highest BCUT2D eigenvalue weighted by atomic mass is 16.5. The van der Waals surface area contributed by atoms with Crippen molar-refractivity contribution in [1.29, 1.82) is 0 Å². The van der Waals surface area contributed by atoms with Crippen LogP contribution in [0.15, 0.2) is 78.9 Å². The molecule has 1 saturated heterocycles. The van der Waals surface area contributed by atoms with Crippen molar-refractivity contribution in [2.75, 3.05) is 25.5 Å². The standard InChI is InChI=1S/C26H26N2O4/c1-31-24-9-5-6-20(18-24)26(30)28-16-14-19(15-17-28)25(29)27-21-10-12-23(13-11-21)32-22-7-3-2-4-8-22/h2-13,18-19H,14-17H2,1H3,(H,27,29). The maximum absolute atomic E-state index is 12.8. The first-order valence-electron chi connectivity index (χ1n) is 10.7. The van der Waals surface area contributed by atoms with Crippen LogP contribution in [0.5, 0.6) is 17.2 Å². The molecule has 6 nitrogen and oxygen atoms in total. The van der Waals surface area contributed by atoms with Gasteiger partial charge in [0.05, 0.1) is 7.11 Å². The number of para-hydroxylation sites is 1. The summed E-state index contributed by atoms with van der Waals surface area (Å²) in [6.07, 6.45) is 1.27. The Balaban J connectivity index is 1.28. The SMILES string of the molecule is COc1cccc(C(=O)N2CCC(C(=O)Nc3ccc(Oc4ccccc4)cc3)CC2)c1. The number of likely N-dealkylation sites (tertiary alicyclic amines) is 1. The molecule has 1 heterocycles. The Bertz CT molecular complexity index is 1060. The van der Waals surface area contributed by atoms with Gasteiger partial charge in [0.15, 0.2) is 0 Å². The number of hydrogen-bond donors (Lipinski definition) is 1. The summed E-state index contributed by atoms with van der Waals surface area (Å²) in [5.74, 6) is 1.96. The second kappa shape index (κ2) is 10.0. The van der Waals surface area contributed by atoms with Crippen LogP contribution in [-0.2, 0) is 4.79 Å². The van der Waals surface area contributed by atoms with Gasteiger partial charge in [-0.3, -0.25) is 9.59 Å². The minimum Gasteiger partial charge on any atom is -0.497 e. The van der Waals surface area contributed by atoms with Gasteiger partial charge in [0.2, 0.25) is 5.91 Å². The highest BCUT2D eigenvalue weighted by molar-refractivity contribution is 5.95. The topological polar surface area (TPSA) is 67.9 Å². The largest absolute Gasteiger partial charge is 0.497 e. The molecule has 0 saturated carbocycles. The van der Waals surface area contributed by atoms with Gasteiger partial charge in [-0.1, -0.05) is 24.3 Å². The number of carbonyl (C=O) groups excluding carboxylic acids is 2. The fraction of sp³-hybridized carbons (Fsp3) is 0.231. The molecule has 1 aliphatic heterocycles. The van der Waals surface area contributed by atoms with E-state index in [1.165, 1.54) is 0 Å². The number of benzene rings is 3. The molecule has 164 valence electrons. The van der Waals surface area contributed by atoms with Crippen LogP contribution in [0.2, 0.25) is 0 Å². The lowest BCUT2D eigenvalue weighted by Crippen LogP contribution is -2.41. The van der Waals surface area contributed by atoms with E-state index in [9.17, 15) is 9.59 Å². The number of anilines is 1. The highest BCUT2D eigenvalue weighted by Gasteiger charge is 2.28. The Kier molecular flexibility index (Phi) is 6.70. The van der Waals surface area contributed by atoms with Crippen molar-refractivity contribution in [2.24, 2.45) is 5.92 Å². The number of piperidine rings is 1. The predicted octanol–water partition coefficient (Wildman–Crippen LogP) is 4.98. The van der Waals surface area contributed by atoms with Crippen LogP contribution in [0.4, 0.5) is 5.69 Å². The van der Waals surface area contributed by atoms with Crippen molar-refractivity contribution in [1.82, 2.24) is 4.90 Å². The van der Waals surface area contributed by atoms with Crippen LogP contribution in [0.3, 0.4) is 0 Å². The van der Waals surface area contributed by atoms with E-state index in [2.05, 4.69) is 5.32 Å². The second-order valence-electron chi connectivity index (χ2n) is 7.73. The Morgan fingerprint density at radius 2 is 1.50 bits per heavy atom. The molecule has 0 aliphatic carbocycles. The molecule has 4 rings (SSSR count). The first-order chi connectivity index (χ1) is 15.6. The molecule has 6 heteroatoms. The number of rotatable bonds is 6. The molecule has 0 radical (unpaired) electrons. The summed E-state index contributed by atoms with van der Waals surface area (Å²) in [5, 5.41) is 2.98. The molecular formula is C26H26N2O4. The van der Waals surface area contributed by atoms with Crippen molar-refractivity contribution >= 4 is 17.5 Å². The van der Waals surface area contributed by atoms with E-state index in [0.717, 1.165) is 11.4 Å². The normalized spacial score (nSPS) is 14.0. The zero-order valence-corrected chi connectivity index (χ0v) is 18.0. The lowest BCUT2D eigenvalue weighted by atomic mass is 9.95. The van der Waals surface area contributed by atoms with Crippen molar-refractivity contribution in [3.05, 3.63) is 84.4 Å². The molecule has 0 spiro atoms. The first kappa shape index (κ1) is 21.4. The molecular weight excluding hydrogens is 404 g/mol. The van der Waals surface area contributed by atoms with E-state index < -0.39 is 0 Å². The van der Waals surface area contributed by atoms with Crippen LogP contribution in [0, 0.1) is 5.92 Å². The summed E-state index contributed by atoms with van der Waals surface area (Å²) < 4.78 is 11.0. The summed E-state index contributed by atoms with van der Waals surface area (Å²) in [4.78, 5) is 27.3. The van der Waals surface area contributed by atoms with Crippen molar-refractivity contribution in [2.45, 2.75) is 12.8 Å². The van der Waals surface area contributed by atoms with Gasteiger partial charge in [-0.15, -0.1) is 0 Å². The van der Waals surface area contributed by atoms with Gasteiger partial charge in [-0.25, -0.2) is 0 Å². The van der Waals surface area contributed by atoms with Gasteiger partial charge in [-0.05, 0) is 67.4 Å². The molecule has 0 bridgehead atoms. The van der Waals surface area contributed by atoms with Gasteiger partial charge in [0, 0.05) is 30.3 Å². The number of nitrogens with zero attached hydrogens (tertiary/aromatic N) is 1. The summed E-state index contributed by atoms with van der Waals surface area (Å²) in [5.41, 5.74) is 1.33. The van der Waals surface area contributed by atoms with Gasteiger partial charge in [0.25, 0.3) is 5.91 Å². The minimum atomic E-state index is -0.121. The first-order valence-corrected chi connectivity index (χ1v) is 10.7. The van der Waals surface area contributed by atoms with Crippen molar-refractivity contribution in [3.8, 4) is 17.2 Å². The summed E-state index contributed by atoms with van der Waals surface area (Å²) in [7, 11) is 1.58. The van der Waals surface area contributed by atoms with E-state index in [-0.39, 0.29) is 17.7 Å². The average Bonchev–Trinajstić information content (AvgIpc) is 2.85. The van der Waals surface area contributed by atoms with Crippen LogP contribution < -0.4 is 14.8 Å². The molecule has 1 aliphatic rings. The average molecular weight is 431 g/mol. The fourth-order valence-corrected chi connectivity index (χ4v) is 3.76. The second-order valence-corrected chi connectivity index (χ2v) is 7.73. The van der Waals surface area contributed by atoms with E-state index in [1.807, 2.05) is 66.7 Å². The van der Waals surface area contributed by atoms with Crippen molar-refractivity contribution < 1.29 is 19.1 Å². The summed E-state index contributed by atoms with van der Waals surface area (Å²) in [6.45, 7) is 1.11. The van der Waals surface area contributed by atoms with Crippen LogP contribution in [0.25, 0.3) is 0 Å². The van der Waals surface area contributed by atoms with Crippen LogP contribution >= 0.6 is 0 Å². The molecule has 3 aromatic rings. The van der Waals surface area contributed by atoms with Gasteiger partial charge >= 0.3 is 0 Å². The summed E-state index contributed by atoms with van der Waals surface area (Å²) >= 11 is 0. The molecule has 0 atom stereocenters. The third-order valence-electron chi connectivity index (χ3n) is 5.57. The predicted molar refractivity (Wildman–Crippen MR) is 123 cm³/mol. The third kappa shape index (κ3) is 5.27. The molecule has 0 aromatic heterocycles. The quantitative estimate of drug-likeness (QED) is 0.599. The van der Waals surface area contributed by atoms with Crippen LogP contribution in [-0.4, -0.2) is 36.9 Å². The maximum atomic E-state index is 12.8. The maximum Gasteiger partial charge on any atom is 0.253 e. The van der Waals surface area contributed by atoms with Crippen LogP contribution in [0.1, 0.15) is 23.2 Å². The van der Waals surface area contributed by atoms with Gasteiger partial charge in [0.1, 0.15) is 17.2 Å². The highest BCUT2D eigenvalue weighted by Crippen LogP contribution is 2.25. The smallest absolute Gasteiger partial charge is 0.253 e. The van der Waals surface area contributed by atoms with Gasteiger partial charge in [-0.2, -0.15) is 0 Å². The molecule has 1 N–H and O–H groups in total. The molecule has 1 fully saturated rings. The van der Waals surface area contributed by atoms with E-state index >= 15 is 0 Å². The number of amides is 2. The van der Waals surface area contributed by atoms with E-state index in [1.54, 1.807) is 24.1 Å².